The van der Waals surface area contributed by atoms with E-state index < -0.39 is 5.97 Å². The van der Waals surface area contributed by atoms with Crippen LogP contribution in [0.5, 0.6) is 23.0 Å². The summed E-state index contributed by atoms with van der Waals surface area (Å²) in [5.74, 6) is 1.18. The summed E-state index contributed by atoms with van der Waals surface area (Å²) in [5, 5.41) is 2.89. The van der Waals surface area contributed by atoms with Gasteiger partial charge in [-0.05, 0) is 23.8 Å². The minimum Gasteiger partial charge on any atom is -0.493 e. The molecule has 0 spiro atoms. The van der Waals surface area contributed by atoms with Gasteiger partial charge in [-0.3, -0.25) is 9.59 Å². The van der Waals surface area contributed by atoms with Crippen LogP contribution < -0.4 is 24.3 Å². The molecule has 1 heterocycles. The maximum Gasteiger partial charge on any atom is 0.310 e. The van der Waals surface area contributed by atoms with Crippen molar-refractivity contribution in [2.75, 3.05) is 34.5 Å². The summed E-state index contributed by atoms with van der Waals surface area (Å²) in [6.45, 7) is 0.158. The van der Waals surface area contributed by atoms with Gasteiger partial charge in [-0.25, -0.2) is 0 Å². The highest BCUT2D eigenvalue weighted by Crippen LogP contribution is 2.38. The minimum absolute atomic E-state index is 0.0376. The molecule has 8 nitrogen and oxygen atoms in total. The second-order valence-corrected chi connectivity index (χ2v) is 6.67. The molecule has 0 saturated carbocycles. The fraction of sp³-hybridized carbons (Fsp3) is 0.364. The number of fused-ring (bicyclic) bond motifs is 1. The molecule has 0 aliphatic carbocycles. The molecule has 1 amide bonds. The van der Waals surface area contributed by atoms with Crippen molar-refractivity contribution >= 4 is 11.9 Å². The Labute approximate surface area is 175 Å². The molecule has 8 heteroatoms. The van der Waals surface area contributed by atoms with Crippen LogP contribution in [0.25, 0.3) is 0 Å². The van der Waals surface area contributed by atoms with Crippen LogP contribution in [0.1, 0.15) is 23.6 Å². The molecule has 0 saturated heterocycles. The predicted molar refractivity (Wildman–Crippen MR) is 108 cm³/mol. The van der Waals surface area contributed by atoms with Gasteiger partial charge in [0.15, 0.2) is 18.1 Å². The Hall–Kier alpha value is -3.42. The first-order valence-corrected chi connectivity index (χ1v) is 9.51. The molecule has 1 aliphatic heterocycles. The smallest absolute Gasteiger partial charge is 0.310 e. The van der Waals surface area contributed by atoms with Crippen molar-refractivity contribution in [2.45, 2.75) is 18.9 Å². The number of hydrogen-bond acceptors (Lipinski definition) is 7. The zero-order valence-corrected chi connectivity index (χ0v) is 17.2. The maximum absolute atomic E-state index is 12.3. The predicted octanol–water partition coefficient (Wildman–Crippen LogP) is 2.44. The van der Waals surface area contributed by atoms with Crippen LogP contribution >= 0.6 is 0 Å². The summed E-state index contributed by atoms with van der Waals surface area (Å²) in [6, 6.07) is 10.7. The molecular formula is C22H25NO7. The van der Waals surface area contributed by atoms with E-state index in [0.29, 0.717) is 35.8 Å². The second kappa shape index (κ2) is 9.87. The third-order valence-electron chi connectivity index (χ3n) is 4.73. The molecule has 3 rings (SSSR count). The molecule has 1 unspecified atom stereocenters. The van der Waals surface area contributed by atoms with Crippen LogP contribution in [0.2, 0.25) is 0 Å². The van der Waals surface area contributed by atoms with Crippen LogP contribution in [-0.2, 0) is 20.7 Å². The number of carbonyl (C=O) groups excluding carboxylic acids is 2. The lowest BCUT2D eigenvalue weighted by atomic mass is 10.0. The van der Waals surface area contributed by atoms with E-state index in [2.05, 4.69) is 5.32 Å². The Morgan fingerprint density at radius 2 is 1.77 bits per heavy atom. The van der Waals surface area contributed by atoms with E-state index in [1.54, 1.807) is 12.1 Å². The van der Waals surface area contributed by atoms with Crippen LogP contribution in [-0.4, -0.2) is 46.4 Å². The van der Waals surface area contributed by atoms with Gasteiger partial charge in [-0.1, -0.05) is 18.2 Å². The molecule has 2 aromatic carbocycles. The Kier molecular flexibility index (Phi) is 7.00. The highest BCUT2D eigenvalue weighted by atomic mass is 16.5. The molecule has 2 aromatic rings. The molecule has 1 aliphatic rings. The zero-order chi connectivity index (χ0) is 21.5. The van der Waals surface area contributed by atoms with E-state index in [9.17, 15) is 9.59 Å². The van der Waals surface area contributed by atoms with Gasteiger partial charge in [0, 0.05) is 12.0 Å². The van der Waals surface area contributed by atoms with Gasteiger partial charge in [0.1, 0.15) is 5.75 Å². The highest BCUT2D eigenvalue weighted by molar-refractivity contribution is 5.81. The summed E-state index contributed by atoms with van der Waals surface area (Å²) in [7, 11) is 4.50. The quantitative estimate of drug-likeness (QED) is 0.662. The Balaban J connectivity index is 1.56. The topological polar surface area (TPSA) is 92.3 Å². The lowest BCUT2D eigenvalue weighted by molar-refractivity contribution is -0.148. The SMILES string of the molecule is COc1cc(CC(=O)OCC(=O)NC2CCOc3ccccc32)cc(OC)c1OC. The number of carbonyl (C=O) groups is 2. The molecule has 0 aromatic heterocycles. The van der Waals surface area contributed by atoms with Gasteiger partial charge in [0.2, 0.25) is 5.75 Å². The van der Waals surface area contributed by atoms with Crippen molar-refractivity contribution in [1.82, 2.24) is 5.32 Å². The fourth-order valence-electron chi connectivity index (χ4n) is 3.33. The Morgan fingerprint density at radius 3 is 2.43 bits per heavy atom. The van der Waals surface area contributed by atoms with E-state index in [4.69, 9.17) is 23.7 Å². The van der Waals surface area contributed by atoms with E-state index in [1.165, 1.54) is 21.3 Å². The number of ether oxygens (including phenoxy) is 5. The lowest BCUT2D eigenvalue weighted by Gasteiger charge is -2.26. The van der Waals surface area contributed by atoms with Gasteiger partial charge < -0.3 is 29.0 Å². The van der Waals surface area contributed by atoms with Gasteiger partial charge >= 0.3 is 5.97 Å². The number of esters is 1. The molecule has 30 heavy (non-hydrogen) atoms. The van der Waals surface area contributed by atoms with Crippen molar-refractivity contribution in [1.29, 1.82) is 0 Å². The number of para-hydroxylation sites is 1. The number of rotatable bonds is 8. The Morgan fingerprint density at radius 1 is 1.07 bits per heavy atom. The third-order valence-corrected chi connectivity index (χ3v) is 4.73. The first-order valence-electron chi connectivity index (χ1n) is 9.51. The molecule has 0 radical (unpaired) electrons. The van der Waals surface area contributed by atoms with Crippen molar-refractivity contribution in [3.63, 3.8) is 0 Å². The summed E-state index contributed by atoms with van der Waals surface area (Å²) in [6.07, 6.45) is 0.617. The number of benzene rings is 2. The Bertz CT molecular complexity index is 887. The van der Waals surface area contributed by atoms with Gasteiger partial charge in [-0.2, -0.15) is 0 Å². The monoisotopic (exact) mass is 415 g/mol. The minimum atomic E-state index is -0.535. The van der Waals surface area contributed by atoms with E-state index >= 15 is 0 Å². The van der Waals surface area contributed by atoms with Crippen LogP contribution in [0.3, 0.4) is 0 Å². The average Bonchev–Trinajstić information content (AvgIpc) is 2.77. The molecule has 0 fully saturated rings. The van der Waals surface area contributed by atoms with E-state index in [1.807, 2.05) is 24.3 Å². The van der Waals surface area contributed by atoms with Crippen LogP contribution in [0.4, 0.5) is 0 Å². The van der Waals surface area contributed by atoms with Crippen molar-refractivity contribution in [2.24, 2.45) is 0 Å². The normalized spacial score (nSPS) is 14.7. The number of methoxy groups -OCH3 is 3. The zero-order valence-electron chi connectivity index (χ0n) is 17.2. The summed E-state index contributed by atoms with van der Waals surface area (Å²) < 4.78 is 26.6. The van der Waals surface area contributed by atoms with Crippen molar-refractivity contribution in [3.05, 3.63) is 47.5 Å². The highest BCUT2D eigenvalue weighted by Gasteiger charge is 2.23. The van der Waals surface area contributed by atoms with Gasteiger partial charge in [-0.15, -0.1) is 0 Å². The standard InChI is InChI=1S/C22H25NO7/c1-26-18-10-14(11-19(27-2)22(18)28-3)12-21(25)30-13-20(24)23-16-8-9-29-17-7-5-4-6-15(16)17/h4-7,10-11,16H,8-9,12-13H2,1-3H3,(H,23,24). The first-order chi connectivity index (χ1) is 14.5. The molecule has 1 atom stereocenters. The third kappa shape index (κ3) is 4.94. The summed E-state index contributed by atoms with van der Waals surface area (Å²) >= 11 is 0. The largest absolute Gasteiger partial charge is 0.493 e. The van der Waals surface area contributed by atoms with E-state index in [0.717, 1.165) is 11.3 Å². The lowest BCUT2D eigenvalue weighted by Crippen LogP contribution is -2.35. The van der Waals surface area contributed by atoms with Crippen LogP contribution in [0.15, 0.2) is 36.4 Å². The van der Waals surface area contributed by atoms with Crippen molar-refractivity contribution in [3.8, 4) is 23.0 Å². The summed E-state index contributed by atoms with van der Waals surface area (Å²) in [4.78, 5) is 24.5. The van der Waals surface area contributed by atoms with E-state index in [-0.39, 0.29) is 25.0 Å². The summed E-state index contributed by atoms with van der Waals surface area (Å²) in [5.41, 5.74) is 1.54. The molecule has 160 valence electrons. The first kappa shape index (κ1) is 21.3. The molecular weight excluding hydrogens is 390 g/mol. The maximum atomic E-state index is 12.3. The number of amides is 1. The van der Waals surface area contributed by atoms with Crippen molar-refractivity contribution < 1.29 is 33.3 Å². The average molecular weight is 415 g/mol. The fourth-order valence-corrected chi connectivity index (χ4v) is 3.33. The number of nitrogens with one attached hydrogen (secondary N) is 1. The molecule has 0 bridgehead atoms. The molecule has 1 N–H and O–H groups in total. The van der Waals surface area contributed by atoms with Gasteiger partial charge in [0.05, 0.1) is 40.4 Å². The second-order valence-electron chi connectivity index (χ2n) is 6.67. The van der Waals surface area contributed by atoms with Gasteiger partial charge in [0.25, 0.3) is 5.91 Å². The van der Waals surface area contributed by atoms with Crippen LogP contribution in [0, 0.1) is 0 Å². The number of hydrogen-bond donors (Lipinski definition) is 1.